The molecule has 0 amide bonds. The van der Waals surface area contributed by atoms with Crippen molar-refractivity contribution in [1.82, 2.24) is 10.2 Å². The van der Waals surface area contributed by atoms with Gasteiger partial charge in [-0.3, -0.25) is 4.99 Å². The number of aliphatic imine (C=N–C) groups is 1. The number of rotatable bonds is 5. The van der Waals surface area contributed by atoms with Gasteiger partial charge in [-0.15, -0.1) is 24.0 Å². The van der Waals surface area contributed by atoms with Crippen molar-refractivity contribution in [2.24, 2.45) is 10.9 Å². The van der Waals surface area contributed by atoms with E-state index < -0.39 is 0 Å². The molecule has 1 fully saturated rings. The molecule has 0 spiro atoms. The van der Waals surface area contributed by atoms with Gasteiger partial charge in [0, 0.05) is 39.7 Å². The first-order chi connectivity index (χ1) is 7.77. The van der Waals surface area contributed by atoms with Crippen LogP contribution in [0, 0.1) is 5.92 Å². The lowest BCUT2D eigenvalue weighted by molar-refractivity contribution is 0.186. The van der Waals surface area contributed by atoms with Gasteiger partial charge >= 0.3 is 0 Å². The Morgan fingerprint density at radius 1 is 1.53 bits per heavy atom. The Bertz CT molecular complexity index is 218. The van der Waals surface area contributed by atoms with Gasteiger partial charge in [-0.05, 0) is 12.8 Å². The van der Waals surface area contributed by atoms with Crippen molar-refractivity contribution < 1.29 is 4.74 Å². The summed E-state index contributed by atoms with van der Waals surface area (Å²) in [5.41, 5.74) is 0. The summed E-state index contributed by atoms with van der Waals surface area (Å²) in [4.78, 5) is 6.49. The third-order valence-corrected chi connectivity index (χ3v) is 2.99. The van der Waals surface area contributed by atoms with E-state index in [-0.39, 0.29) is 24.0 Å². The fraction of sp³-hybridized carbons (Fsp3) is 0.917. The van der Waals surface area contributed by atoms with E-state index in [1.165, 1.54) is 19.3 Å². The SMILES string of the molecule is CCCCN(C)C(=NC)NCC1CCOC1.I. The molecule has 1 unspecified atom stereocenters. The normalized spacial score (nSPS) is 19.9. The highest BCUT2D eigenvalue weighted by Gasteiger charge is 2.16. The largest absolute Gasteiger partial charge is 0.381 e. The lowest BCUT2D eigenvalue weighted by atomic mass is 10.1. The van der Waals surface area contributed by atoms with Crippen LogP contribution in [0.15, 0.2) is 4.99 Å². The number of hydrogen-bond acceptors (Lipinski definition) is 2. The highest BCUT2D eigenvalue weighted by molar-refractivity contribution is 14.0. The number of guanidine groups is 1. The lowest BCUT2D eigenvalue weighted by Gasteiger charge is -2.22. The van der Waals surface area contributed by atoms with Gasteiger partial charge in [-0.1, -0.05) is 13.3 Å². The summed E-state index contributed by atoms with van der Waals surface area (Å²) in [6, 6.07) is 0. The van der Waals surface area contributed by atoms with E-state index in [9.17, 15) is 0 Å². The van der Waals surface area contributed by atoms with Crippen molar-refractivity contribution in [2.45, 2.75) is 26.2 Å². The second-order valence-corrected chi connectivity index (χ2v) is 4.43. The second kappa shape index (κ2) is 9.94. The Hall–Kier alpha value is -0.0400. The molecule has 0 saturated carbocycles. The molecule has 1 rings (SSSR count). The van der Waals surface area contributed by atoms with Crippen LogP contribution in [-0.4, -0.2) is 51.3 Å². The zero-order valence-electron chi connectivity index (χ0n) is 11.2. The Labute approximate surface area is 122 Å². The number of ether oxygens (including phenoxy) is 1. The minimum atomic E-state index is 0. The molecule has 0 aromatic heterocycles. The molecule has 5 heteroatoms. The Balaban J connectivity index is 0.00000256. The Morgan fingerprint density at radius 2 is 2.29 bits per heavy atom. The third kappa shape index (κ3) is 6.45. The number of nitrogens with zero attached hydrogens (tertiary/aromatic N) is 2. The molecule has 4 nitrogen and oxygen atoms in total. The number of nitrogens with one attached hydrogen (secondary N) is 1. The van der Waals surface area contributed by atoms with Gasteiger partial charge in [0.2, 0.25) is 0 Å². The summed E-state index contributed by atoms with van der Waals surface area (Å²) < 4.78 is 5.35. The van der Waals surface area contributed by atoms with Gasteiger partial charge in [0.25, 0.3) is 0 Å². The zero-order chi connectivity index (χ0) is 11.8. The molecule has 102 valence electrons. The monoisotopic (exact) mass is 355 g/mol. The predicted molar refractivity (Wildman–Crippen MR) is 83.2 cm³/mol. The van der Waals surface area contributed by atoms with Crippen LogP contribution in [0.2, 0.25) is 0 Å². The molecule has 1 aliphatic heterocycles. The fourth-order valence-electron chi connectivity index (χ4n) is 1.87. The minimum absolute atomic E-state index is 0. The van der Waals surface area contributed by atoms with Crippen molar-refractivity contribution in [3.63, 3.8) is 0 Å². The van der Waals surface area contributed by atoms with Crippen molar-refractivity contribution >= 4 is 29.9 Å². The van der Waals surface area contributed by atoms with E-state index in [1.807, 2.05) is 7.05 Å². The quantitative estimate of drug-likeness (QED) is 0.465. The van der Waals surface area contributed by atoms with Gasteiger partial charge in [0.05, 0.1) is 6.61 Å². The molecule has 1 heterocycles. The van der Waals surface area contributed by atoms with Crippen LogP contribution in [0.25, 0.3) is 0 Å². The van der Waals surface area contributed by atoms with Crippen LogP contribution in [0.5, 0.6) is 0 Å². The minimum Gasteiger partial charge on any atom is -0.381 e. The van der Waals surface area contributed by atoms with E-state index in [0.29, 0.717) is 5.92 Å². The molecular formula is C12H26IN3O. The Kier molecular flexibility index (Phi) is 9.91. The van der Waals surface area contributed by atoms with Crippen molar-refractivity contribution in [3.8, 4) is 0 Å². The van der Waals surface area contributed by atoms with Crippen LogP contribution in [0.4, 0.5) is 0 Å². The van der Waals surface area contributed by atoms with Crippen LogP contribution >= 0.6 is 24.0 Å². The summed E-state index contributed by atoms with van der Waals surface area (Å²) in [7, 11) is 3.94. The van der Waals surface area contributed by atoms with Crippen LogP contribution in [-0.2, 0) is 4.74 Å². The molecule has 17 heavy (non-hydrogen) atoms. The second-order valence-electron chi connectivity index (χ2n) is 4.43. The standard InChI is InChI=1S/C12H25N3O.HI/c1-4-5-7-15(3)12(13-2)14-9-11-6-8-16-10-11;/h11H,4-10H2,1-3H3,(H,13,14);1H. The maximum absolute atomic E-state index is 5.35. The first-order valence-electron chi connectivity index (χ1n) is 6.27. The molecule has 1 N–H and O–H groups in total. The first kappa shape index (κ1) is 17.0. The molecule has 0 aromatic rings. The molecular weight excluding hydrogens is 329 g/mol. The van der Waals surface area contributed by atoms with Crippen LogP contribution in [0.3, 0.4) is 0 Å². The lowest BCUT2D eigenvalue weighted by Crippen LogP contribution is -2.41. The summed E-state index contributed by atoms with van der Waals surface area (Å²) in [6.07, 6.45) is 3.60. The maximum Gasteiger partial charge on any atom is 0.193 e. The third-order valence-electron chi connectivity index (χ3n) is 2.99. The fourth-order valence-corrected chi connectivity index (χ4v) is 1.87. The zero-order valence-corrected chi connectivity index (χ0v) is 13.6. The molecule has 1 saturated heterocycles. The molecule has 1 atom stereocenters. The average molecular weight is 355 g/mol. The van der Waals surface area contributed by atoms with E-state index in [4.69, 9.17) is 4.74 Å². The van der Waals surface area contributed by atoms with E-state index >= 15 is 0 Å². The smallest absolute Gasteiger partial charge is 0.193 e. The van der Waals surface area contributed by atoms with Crippen LogP contribution < -0.4 is 5.32 Å². The number of hydrogen-bond donors (Lipinski definition) is 1. The van der Waals surface area contributed by atoms with Crippen molar-refractivity contribution in [2.75, 3.05) is 40.4 Å². The van der Waals surface area contributed by atoms with Crippen molar-refractivity contribution in [3.05, 3.63) is 0 Å². The molecule has 1 aliphatic rings. The number of unbranched alkanes of at least 4 members (excludes halogenated alkanes) is 1. The molecule has 0 aromatic carbocycles. The van der Waals surface area contributed by atoms with E-state index in [0.717, 1.165) is 32.3 Å². The predicted octanol–water partition coefficient (Wildman–Crippen LogP) is 1.95. The number of halogens is 1. The molecule has 0 aliphatic carbocycles. The van der Waals surface area contributed by atoms with Gasteiger partial charge in [-0.25, -0.2) is 0 Å². The van der Waals surface area contributed by atoms with Crippen molar-refractivity contribution in [1.29, 1.82) is 0 Å². The summed E-state index contributed by atoms with van der Waals surface area (Å²) in [5.74, 6) is 1.65. The first-order valence-corrected chi connectivity index (χ1v) is 6.27. The van der Waals surface area contributed by atoms with Crippen LogP contribution in [0.1, 0.15) is 26.2 Å². The highest BCUT2D eigenvalue weighted by atomic mass is 127. The van der Waals surface area contributed by atoms with E-state index in [1.54, 1.807) is 0 Å². The Morgan fingerprint density at radius 3 is 2.82 bits per heavy atom. The topological polar surface area (TPSA) is 36.9 Å². The van der Waals surface area contributed by atoms with Gasteiger partial charge in [0.15, 0.2) is 5.96 Å². The van der Waals surface area contributed by atoms with Gasteiger partial charge < -0.3 is 15.0 Å². The summed E-state index contributed by atoms with van der Waals surface area (Å²) in [5, 5.41) is 3.42. The molecule has 0 bridgehead atoms. The average Bonchev–Trinajstić information content (AvgIpc) is 2.80. The summed E-state index contributed by atoms with van der Waals surface area (Å²) in [6.45, 7) is 6.06. The maximum atomic E-state index is 5.35. The summed E-state index contributed by atoms with van der Waals surface area (Å²) >= 11 is 0. The highest BCUT2D eigenvalue weighted by Crippen LogP contribution is 2.10. The van der Waals surface area contributed by atoms with Gasteiger partial charge in [-0.2, -0.15) is 0 Å². The molecule has 0 radical (unpaired) electrons. The van der Waals surface area contributed by atoms with Gasteiger partial charge in [0.1, 0.15) is 0 Å². The van der Waals surface area contributed by atoms with E-state index in [2.05, 4.69) is 29.2 Å².